The third-order valence-corrected chi connectivity index (χ3v) is 5.22. The Morgan fingerprint density at radius 1 is 1.42 bits per heavy atom. The number of carbonyl (C=O) groups is 1. The monoisotopic (exact) mass is 371 g/mol. The zero-order valence-electron chi connectivity index (χ0n) is 14.1. The fourth-order valence-electron chi connectivity index (χ4n) is 2.88. The zero-order chi connectivity index (χ0) is 18.1. The average molecular weight is 371 g/mol. The van der Waals surface area contributed by atoms with Gasteiger partial charge in [-0.05, 0) is 36.1 Å². The van der Waals surface area contributed by atoms with Crippen molar-refractivity contribution in [3.8, 4) is 5.75 Å². The number of ether oxygens (including phenoxy) is 2. The van der Waals surface area contributed by atoms with Crippen LogP contribution in [0.1, 0.15) is 22.3 Å². The number of fused-ring (bicyclic) bond motifs is 1. The molecule has 3 aromatic rings. The Balaban J connectivity index is 1.72. The third-order valence-electron chi connectivity index (χ3n) is 4.22. The second kappa shape index (κ2) is 6.89. The lowest BCUT2D eigenvalue weighted by atomic mass is 10.1. The molecule has 0 amide bonds. The fraction of sp³-hybridized carbons (Fsp3) is 0.278. The molecule has 134 valence electrons. The summed E-state index contributed by atoms with van der Waals surface area (Å²) in [6.07, 6.45) is 2.20. The number of nitrogens with one attached hydrogen (secondary N) is 1. The number of thiophene rings is 1. The molecule has 2 aromatic heterocycles. The Kier molecular flexibility index (Phi) is 4.44. The molecule has 1 aromatic carbocycles. The van der Waals surface area contributed by atoms with Crippen LogP contribution in [0.4, 0.5) is 11.5 Å². The van der Waals surface area contributed by atoms with E-state index in [2.05, 4.69) is 15.3 Å². The summed E-state index contributed by atoms with van der Waals surface area (Å²) in [5.41, 5.74) is 1.92. The molecule has 2 N–H and O–H groups in total. The van der Waals surface area contributed by atoms with Crippen molar-refractivity contribution in [2.75, 3.05) is 18.5 Å². The van der Waals surface area contributed by atoms with Crippen molar-refractivity contribution in [3.05, 3.63) is 41.0 Å². The number of carboxylic acids is 1. The molecule has 0 saturated carbocycles. The number of hydrogen-bond acceptors (Lipinski definition) is 7. The van der Waals surface area contributed by atoms with E-state index in [-0.39, 0.29) is 11.7 Å². The summed E-state index contributed by atoms with van der Waals surface area (Å²) in [5, 5.41) is 15.5. The molecular weight excluding hydrogens is 354 g/mol. The molecular formula is C18H17N3O4S. The van der Waals surface area contributed by atoms with E-state index in [1.807, 2.05) is 12.3 Å². The third kappa shape index (κ3) is 3.21. The highest BCUT2D eigenvalue weighted by molar-refractivity contribution is 7.17. The van der Waals surface area contributed by atoms with E-state index in [1.165, 1.54) is 12.4 Å². The van der Waals surface area contributed by atoms with Crippen molar-refractivity contribution in [2.24, 2.45) is 0 Å². The minimum absolute atomic E-state index is 0.0899. The largest absolute Gasteiger partial charge is 0.486 e. The van der Waals surface area contributed by atoms with E-state index < -0.39 is 5.97 Å². The first-order chi connectivity index (χ1) is 12.6. The second-order valence-electron chi connectivity index (χ2n) is 6.07. The van der Waals surface area contributed by atoms with Gasteiger partial charge in [-0.1, -0.05) is 0 Å². The lowest BCUT2D eigenvalue weighted by Crippen LogP contribution is -2.17. The van der Waals surface area contributed by atoms with Crippen molar-refractivity contribution in [1.82, 2.24) is 9.97 Å². The van der Waals surface area contributed by atoms with E-state index in [0.29, 0.717) is 30.5 Å². The molecule has 1 aliphatic rings. The predicted molar refractivity (Wildman–Crippen MR) is 98.7 cm³/mol. The normalized spacial score (nSPS) is 16.7. The first-order valence-corrected chi connectivity index (χ1v) is 9.07. The summed E-state index contributed by atoms with van der Waals surface area (Å²) in [4.78, 5) is 20.9. The number of benzene rings is 1. The molecule has 1 atom stereocenters. The first-order valence-electron chi connectivity index (χ1n) is 8.19. The van der Waals surface area contributed by atoms with Gasteiger partial charge in [0.15, 0.2) is 0 Å². The molecule has 4 rings (SSSR count). The molecule has 1 unspecified atom stereocenters. The van der Waals surface area contributed by atoms with Crippen LogP contribution >= 0.6 is 11.3 Å². The van der Waals surface area contributed by atoms with E-state index in [1.54, 1.807) is 23.5 Å². The van der Waals surface area contributed by atoms with Crippen molar-refractivity contribution < 1.29 is 19.4 Å². The van der Waals surface area contributed by atoms with E-state index in [9.17, 15) is 9.90 Å². The minimum Gasteiger partial charge on any atom is -0.486 e. The highest BCUT2D eigenvalue weighted by atomic mass is 32.1. The summed E-state index contributed by atoms with van der Waals surface area (Å²) < 4.78 is 11.3. The Labute approximate surface area is 153 Å². The number of aryl methyl sites for hydroxylation is 1. The molecule has 1 saturated heterocycles. The SMILES string of the molecule is Cc1csc2ncnc(Nc3ccc(C(=O)O)cc3OC3CCOC3)c12. The second-order valence-corrected chi connectivity index (χ2v) is 6.92. The predicted octanol–water partition coefficient (Wildman–Crippen LogP) is 3.61. The maximum absolute atomic E-state index is 11.3. The van der Waals surface area contributed by atoms with E-state index in [0.717, 1.165) is 22.2 Å². The van der Waals surface area contributed by atoms with Gasteiger partial charge in [0.2, 0.25) is 0 Å². The van der Waals surface area contributed by atoms with Crippen LogP contribution in [-0.4, -0.2) is 40.4 Å². The topological polar surface area (TPSA) is 93.6 Å². The number of hydrogen-bond donors (Lipinski definition) is 2. The summed E-state index contributed by atoms with van der Waals surface area (Å²) in [6.45, 7) is 3.15. The number of nitrogens with zero attached hydrogens (tertiary/aromatic N) is 2. The number of aromatic nitrogens is 2. The van der Waals surface area contributed by atoms with Gasteiger partial charge in [0.25, 0.3) is 0 Å². The Bertz CT molecular complexity index is 966. The quantitative estimate of drug-likeness (QED) is 0.707. The van der Waals surface area contributed by atoms with Crippen molar-refractivity contribution in [3.63, 3.8) is 0 Å². The average Bonchev–Trinajstić information content (AvgIpc) is 3.27. The minimum atomic E-state index is -0.998. The molecule has 0 radical (unpaired) electrons. The van der Waals surface area contributed by atoms with Gasteiger partial charge >= 0.3 is 5.97 Å². The lowest BCUT2D eigenvalue weighted by Gasteiger charge is -2.17. The lowest BCUT2D eigenvalue weighted by molar-refractivity contribution is 0.0696. The first kappa shape index (κ1) is 16.7. The number of aromatic carboxylic acids is 1. The highest BCUT2D eigenvalue weighted by Gasteiger charge is 2.20. The smallest absolute Gasteiger partial charge is 0.335 e. The maximum atomic E-state index is 11.3. The standard InChI is InChI=1S/C18H17N3O4S/c1-10-8-26-17-15(10)16(19-9-20-17)21-13-3-2-11(18(22)23)6-14(13)25-12-4-5-24-7-12/h2-3,6,8-9,12H,4-5,7H2,1H3,(H,22,23)(H,19,20,21). The summed E-state index contributed by atoms with van der Waals surface area (Å²) in [5.74, 6) is 0.145. The molecule has 8 heteroatoms. The molecule has 0 bridgehead atoms. The van der Waals surface area contributed by atoms with Crippen LogP contribution in [0.5, 0.6) is 5.75 Å². The van der Waals surface area contributed by atoms with Crippen LogP contribution in [0.25, 0.3) is 10.2 Å². The fourth-order valence-corrected chi connectivity index (χ4v) is 3.77. The molecule has 7 nitrogen and oxygen atoms in total. The molecule has 3 heterocycles. The van der Waals surface area contributed by atoms with Gasteiger partial charge in [-0.3, -0.25) is 0 Å². The zero-order valence-corrected chi connectivity index (χ0v) is 14.9. The number of carboxylic acid groups (broad SMARTS) is 1. The van der Waals surface area contributed by atoms with Crippen molar-refractivity contribution in [2.45, 2.75) is 19.4 Å². The Hall–Kier alpha value is -2.71. The van der Waals surface area contributed by atoms with Crippen LogP contribution < -0.4 is 10.1 Å². The molecule has 1 fully saturated rings. The Morgan fingerprint density at radius 2 is 2.31 bits per heavy atom. The number of anilines is 2. The summed E-state index contributed by atoms with van der Waals surface area (Å²) in [7, 11) is 0. The van der Waals surface area contributed by atoms with Crippen molar-refractivity contribution >= 4 is 39.0 Å². The van der Waals surface area contributed by atoms with Gasteiger partial charge in [-0.25, -0.2) is 14.8 Å². The van der Waals surface area contributed by atoms with Crippen LogP contribution in [0.2, 0.25) is 0 Å². The molecule has 26 heavy (non-hydrogen) atoms. The van der Waals surface area contributed by atoms with Gasteiger partial charge < -0.3 is 19.9 Å². The van der Waals surface area contributed by atoms with Gasteiger partial charge in [0, 0.05) is 6.42 Å². The molecule has 1 aliphatic heterocycles. The van der Waals surface area contributed by atoms with Gasteiger partial charge in [-0.15, -0.1) is 11.3 Å². The number of rotatable bonds is 5. The Morgan fingerprint density at radius 3 is 3.08 bits per heavy atom. The molecule has 0 aliphatic carbocycles. The van der Waals surface area contributed by atoms with Gasteiger partial charge in [-0.2, -0.15) is 0 Å². The van der Waals surface area contributed by atoms with Crippen LogP contribution in [-0.2, 0) is 4.74 Å². The van der Waals surface area contributed by atoms with Crippen LogP contribution in [0, 0.1) is 6.92 Å². The van der Waals surface area contributed by atoms with E-state index in [4.69, 9.17) is 9.47 Å². The molecule has 0 spiro atoms. The van der Waals surface area contributed by atoms with Crippen LogP contribution in [0.15, 0.2) is 29.9 Å². The van der Waals surface area contributed by atoms with Gasteiger partial charge in [0.05, 0.1) is 29.9 Å². The summed E-state index contributed by atoms with van der Waals surface area (Å²) in [6, 6.07) is 4.77. The highest BCUT2D eigenvalue weighted by Crippen LogP contribution is 2.34. The van der Waals surface area contributed by atoms with Crippen molar-refractivity contribution in [1.29, 1.82) is 0 Å². The van der Waals surface area contributed by atoms with E-state index >= 15 is 0 Å². The van der Waals surface area contributed by atoms with Gasteiger partial charge in [0.1, 0.15) is 28.8 Å². The van der Waals surface area contributed by atoms with Crippen LogP contribution in [0.3, 0.4) is 0 Å². The maximum Gasteiger partial charge on any atom is 0.335 e. The summed E-state index contributed by atoms with van der Waals surface area (Å²) >= 11 is 1.56.